The first-order valence-corrected chi connectivity index (χ1v) is 8.22. The van der Waals surface area contributed by atoms with Crippen LogP contribution >= 0.6 is 0 Å². The zero-order valence-electron chi connectivity index (χ0n) is 12.6. The van der Waals surface area contributed by atoms with Crippen molar-refractivity contribution in [1.82, 2.24) is 5.32 Å². The molecule has 0 aliphatic heterocycles. The number of rotatable bonds is 5. The number of aryl methyl sites for hydroxylation is 1. The van der Waals surface area contributed by atoms with Crippen LogP contribution in [0.5, 0.6) is 0 Å². The minimum Gasteiger partial charge on any atom is -0.396 e. The Balaban J connectivity index is 1.63. The molecule has 0 spiro atoms. The van der Waals surface area contributed by atoms with Crippen molar-refractivity contribution in [2.75, 3.05) is 6.61 Å². The van der Waals surface area contributed by atoms with Gasteiger partial charge in [-0.05, 0) is 62.0 Å². The monoisotopic (exact) mass is 287 g/mol. The van der Waals surface area contributed by atoms with Crippen LogP contribution in [0.3, 0.4) is 0 Å². The number of fused-ring (bicyclic) bond motifs is 1. The summed E-state index contributed by atoms with van der Waals surface area (Å²) in [7, 11) is 0. The maximum absolute atomic E-state index is 12.4. The van der Waals surface area contributed by atoms with Crippen LogP contribution in [-0.4, -0.2) is 23.2 Å². The molecular weight excluding hydrogens is 262 g/mol. The molecule has 1 saturated carbocycles. The van der Waals surface area contributed by atoms with E-state index < -0.39 is 0 Å². The average Bonchev–Trinajstić information content (AvgIpc) is 2.45. The number of amides is 1. The van der Waals surface area contributed by atoms with E-state index >= 15 is 0 Å². The Bertz CT molecular complexity index is 508. The van der Waals surface area contributed by atoms with E-state index in [1.165, 1.54) is 17.5 Å². The van der Waals surface area contributed by atoms with Gasteiger partial charge < -0.3 is 10.4 Å². The van der Waals surface area contributed by atoms with Gasteiger partial charge in [-0.15, -0.1) is 0 Å². The lowest BCUT2D eigenvalue weighted by Gasteiger charge is -2.42. The van der Waals surface area contributed by atoms with E-state index in [-0.39, 0.29) is 18.1 Å². The minimum absolute atomic E-state index is 0.111. The van der Waals surface area contributed by atoms with E-state index in [9.17, 15) is 9.90 Å². The lowest BCUT2D eigenvalue weighted by atomic mass is 9.74. The molecular formula is C18H25NO2. The molecule has 0 bridgehead atoms. The second-order valence-corrected chi connectivity index (χ2v) is 6.65. The third-order valence-electron chi connectivity index (χ3n) is 5.23. The number of hydrogen-bond acceptors (Lipinski definition) is 2. The van der Waals surface area contributed by atoms with Gasteiger partial charge in [-0.2, -0.15) is 0 Å². The third-order valence-corrected chi connectivity index (χ3v) is 5.23. The van der Waals surface area contributed by atoms with Crippen LogP contribution in [0.2, 0.25) is 0 Å². The summed E-state index contributed by atoms with van der Waals surface area (Å²) < 4.78 is 0. The van der Waals surface area contributed by atoms with Crippen molar-refractivity contribution in [3.8, 4) is 0 Å². The highest BCUT2D eigenvalue weighted by Gasteiger charge is 2.38. The predicted molar refractivity (Wildman–Crippen MR) is 83.2 cm³/mol. The summed E-state index contributed by atoms with van der Waals surface area (Å²) in [5.41, 5.74) is 2.67. The van der Waals surface area contributed by atoms with Gasteiger partial charge in [0, 0.05) is 18.6 Å². The Hall–Kier alpha value is -1.35. The quantitative estimate of drug-likeness (QED) is 0.875. The second kappa shape index (κ2) is 6.18. The normalized spacial score (nSPS) is 23.0. The van der Waals surface area contributed by atoms with E-state index in [1.54, 1.807) is 0 Å². The SMILES string of the molecule is O=C(CC1CCCc2ccccc21)NC1(CCO)CCC1. The summed E-state index contributed by atoms with van der Waals surface area (Å²) in [5, 5.41) is 12.4. The van der Waals surface area contributed by atoms with Gasteiger partial charge in [0.05, 0.1) is 0 Å². The highest BCUT2D eigenvalue weighted by atomic mass is 16.3. The number of nitrogens with one attached hydrogen (secondary N) is 1. The Morgan fingerprint density at radius 2 is 2.10 bits per heavy atom. The zero-order chi connectivity index (χ0) is 14.7. The van der Waals surface area contributed by atoms with E-state index in [2.05, 4.69) is 29.6 Å². The van der Waals surface area contributed by atoms with E-state index in [0.29, 0.717) is 18.8 Å². The molecule has 2 N–H and O–H groups in total. The molecule has 1 unspecified atom stereocenters. The van der Waals surface area contributed by atoms with Crippen LogP contribution in [0.15, 0.2) is 24.3 Å². The van der Waals surface area contributed by atoms with Crippen LogP contribution in [0, 0.1) is 0 Å². The van der Waals surface area contributed by atoms with Crippen molar-refractivity contribution >= 4 is 5.91 Å². The van der Waals surface area contributed by atoms with Crippen LogP contribution in [0.4, 0.5) is 0 Å². The third kappa shape index (κ3) is 3.13. The molecule has 114 valence electrons. The molecule has 2 aliphatic rings. The van der Waals surface area contributed by atoms with Crippen molar-refractivity contribution in [2.45, 2.75) is 62.8 Å². The van der Waals surface area contributed by atoms with Crippen molar-refractivity contribution in [2.24, 2.45) is 0 Å². The number of hydrogen-bond donors (Lipinski definition) is 2. The lowest BCUT2D eigenvalue weighted by Crippen LogP contribution is -2.54. The van der Waals surface area contributed by atoms with Crippen LogP contribution in [0.25, 0.3) is 0 Å². The van der Waals surface area contributed by atoms with Gasteiger partial charge in [0.15, 0.2) is 0 Å². The molecule has 3 rings (SSSR count). The molecule has 3 nitrogen and oxygen atoms in total. The molecule has 0 aromatic heterocycles. The first-order valence-electron chi connectivity index (χ1n) is 8.22. The second-order valence-electron chi connectivity index (χ2n) is 6.65. The van der Waals surface area contributed by atoms with Crippen LogP contribution in [0.1, 0.15) is 62.0 Å². The molecule has 1 aromatic rings. The predicted octanol–water partition coefficient (Wildman–Crippen LogP) is 2.92. The Kier molecular flexibility index (Phi) is 4.29. The molecule has 0 heterocycles. The van der Waals surface area contributed by atoms with Gasteiger partial charge in [0.1, 0.15) is 0 Å². The maximum Gasteiger partial charge on any atom is 0.221 e. The van der Waals surface area contributed by atoms with Crippen molar-refractivity contribution in [1.29, 1.82) is 0 Å². The Morgan fingerprint density at radius 3 is 2.81 bits per heavy atom. The average molecular weight is 287 g/mol. The molecule has 0 radical (unpaired) electrons. The highest BCUT2D eigenvalue weighted by Crippen LogP contribution is 2.37. The van der Waals surface area contributed by atoms with Gasteiger partial charge in [-0.25, -0.2) is 0 Å². The minimum atomic E-state index is -0.111. The summed E-state index contributed by atoms with van der Waals surface area (Å²) >= 11 is 0. The fourth-order valence-electron chi connectivity index (χ4n) is 3.89. The first kappa shape index (κ1) is 14.6. The standard InChI is InChI=1S/C18H25NO2/c20-12-11-18(9-4-10-18)19-17(21)13-15-7-3-6-14-5-1-2-8-16(14)15/h1-2,5,8,15,20H,3-4,6-7,9-13H2,(H,19,21). The summed E-state index contributed by atoms with van der Waals surface area (Å²) in [4.78, 5) is 12.4. The van der Waals surface area contributed by atoms with E-state index in [0.717, 1.165) is 32.1 Å². The molecule has 1 atom stereocenters. The van der Waals surface area contributed by atoms with Gasteiger partial charge in [-0.1, -0.05) is 24.3 Å². The smallest absolute Gasteiger partial charge is 0.221 e. The van der Waals surface area contributed by atoms with Gasteiger partial charge >= 0.3 is 0 Å². The maximum atomic E-state index is 12.4. The van der Waals surface area contributed by atoms with Crippen molar-refractivity contribution < 1.29 is 9.90 Å². The molecule has 1 aromatic carbocycles. The van der Waals surface area contributed by atoms with Crippen LogP contribution < -0.4 is 5.32 Å². The van der Waals surface area contributed by atoms with Gasteiger partial charge in [0.2, 0.25) is 5.91 Å². The Morgan fingerprint density at radius 1 is 1.29 bits per heavy atom. The number of aliphatic hydroxyl groups is 1. The number of benzene rings is 1. The fourth-order valence-corrected chi connectivity index (χ4v) is 3.89. The lowest BCUT2D eigenvalue weighted by molar-refractivity contribution is -0.124. The topological polar surface area (TPSA) is 49.3 Å². The fraction of sp³-hybridized carbons (Fsp3) is 0.611. The molecule has 0 saturated heterocycles. The Labute approximate surface area is 126 Å². The van der Waals surface area contributed by atoms with Crippen LogP contribution in [-0.2, 0) is 11.2 Å². The number of aliphatic hydroxyl groups excluding tert-OH is 1. The largest absolute Gasteiger partial charge is 0.396 e. The van der Waals surface area contributed by atoms with Crippen molar-refractivity contribution in [3.63, 3.8) is 0 Å². The van der Waals surface area contributed by atoms with Gasteiger partial charge in [-0.3, -0.25) is 4.79 Å². The molecule has 1 amide bonds. The summed E-state index contributed by atoms with van der Waals surface area (Å²) in [6.07, 6.45) is 7.90. The molecule has 3 heteroatoms. The van der Waals surface area contributed by atoms with Gasteiger partial charge in [0.25, 0.3) is 0 Å². The number of carbonyl (C=O) groups is 1. The number of carbonyl (C=O) groups excluding carboxylic acids is 1. The first-order chi connectivity index (χ1) is 10.2. The molecule has 21 heavy (non-hydrogen) atoms. The molecule has 1 fully saturated rings. The van der Waals surface area contributed by atoms with E-state index in [1.807, 2.05) is 0 Å². The zero-order valence-corrected chi connectivity index (χ0v) is 12.6. The summed E-state index contributed by atoms with van der Waals surface area (Å²) in [6, 6.07) is 8.54. The summed E-state index contributed by atoms with van der Waals surface area (Å²) in [6.45, 7) is 0.159. The highest BCUT2D eigenvalue weighted by molar-refractivity contribution is 5.78. The van der Waals surface area contributed by atoms with Crippen molar-refractivity contribution in [3.05, 3.63) is 35.4 Å². The summed E-state index contributed by atoms with van der Waals surface area (Å²) in [5.74, 6) is 0.519. The van der Waals surface area contributed by atoms with E-state index in [4.69, 9.17) is 0 Å². The molecule has 2 aliphatic carbocycles.